The smallest absolute Gasteiger partial charge is 0.316 e. The van der Waals surface area contributed by atoms with E-state index in [0.29, 0.717) is 117 Å². The number of esters is 2. The summed E-state index contributed by atoms with van der Waals surface area (Å²) in [6.07, 6.45) is 12.1. The van der Waals surface area contributed by atoms with Crippen molar-refractivity contribution >= 4 is 17.7 Å². The number of hydrogen-bond acceptors (Lipinski definition) is 29. The highest BCUT2D eigenvalue weighted by atomic mass is 16.8. The Balaban J connectivity index is 0.000000221. The van der Waals surface area contributed by atoms with Crippen LogP contribution in [0.5, 0.6) is 0 Å². The molecule has 718 valence electrons. The summed E-state index contributed by atoms with van der Waals surface area (Å²) in [6.45, 7) is 35.5. The zero-order chi connectivity index (χ0) is 92.2. The average Bonchev–Trinajstić information content (AvgIpc) is 1.60. The summed E-state index contributed by atoms with van der Waals surface area (Å²) >= 11 is 0. The molecular weight excluding hydrogens is 1640 g/mol. The molecule has 10 saturated heterocycles. The fourth-order valence-corrected chi connectivity index (χ4v) is 21.8. The molecule has 4 bridgehead atoms. The fourth-order valence-electron chi connectivity index (χ4n) is 21.8. The zero-order valence-corrected chi connectivity index (χ0v) is 79.2. The van der Waals surface area contributed by atoms with Crippen molar-refractivity contribution in [2.45, 2.75) is 415 Å². The van der Waals surface area contributed by atoms with E-state index in [9.17, 15) is 45.0 Å². The van der Waals surface area contributed by atoms with Gasteiger partial charge in [0.25, 0.3) is 0 Å². The van der Waals surface area contributed by atoms with Crippen LogP contribution in [0.4, 0.5) is 0 Å². The average molecular weight is 1790 g/mol. The molecule has 6 N–H and O–H groups in total. The van der Waals surface area contributed by atoms with E-state index in [1.165, 1.54) is 13.8 Å². The first kappa shape index (κ1) is 102. The van der Waals surface area contributed by atoms with Gasteiger partial charge in [0.1, 0.15) is 89.9 Å². The number of aliphatic hydroxyl groups excluding tert-OH is 4. The maximum atomic E-state index is 14.4. The number of ketones is 1. The van der Waals surface area contributed by atoms with Crippen molar-refractivity contribution in [1.29, 1.82) is 0 Å². The van der Waals surface area contributed by atoms with Gasteiger partial charge in [0.05, 0.1) is 98.7 Å². The van der Waals surface area contributed by atoms with Crippen LogP contribution in [0.3, 0.4) is 0 Å². The van der Waals surface area contributed by atoms with Crippen molar-refractivity contribution in [2.75, 3.05) is 41.7 Å². The van der Waals surface area contributed by atoms with Gasteiger partial charge in [-0.3, -0.25) is 9.59 Å². The number of rotatable bonds is 15. The predicted molar refractivity (Wildman–Crippen MR) is 467 cm³/mol. The van der Waals surface area contributed by atoms with Crippen LogP contribution in [0.15, 0.2) is 94.2 Å². The van der Waals surface area contributed by atoms with Crippen molar-refractivity contribution in [2.24, 2.45) is 47.3 Å². The zero-order valence-electron chi connectivity index (χ0n) is 79.2. The molecule has 0 aromatic rings. The molecule has 0 radical (unpaired) electrons. The van der Waals surface area contributed by atoms with E-state index >= 15 is 0 Å². The van der Waals surface area contributed by atoms with E-state index in [-0.39, 0.29) is 73.4 Å². The third-order valence-electron chi connectivity index (χ3n) is 29.3. The van der Waals surface area contributed by atoms with Gasteiger partial charge in [-0.15, -0.1) is 0 Å². The number of carbonyl (C=O) groups excluding carboxylic acids is 3. The summed E-state index contributed by atoms with van der Waals surface area (Å²) in [6, 6.07) is 0. The van der Waals surface area contributed by atoms with E-state index in [4.69, 9.17) is 94.7 Å². The summed E-state index contributed by atoms with van der Waals surface area (Å²) < 4.78 is 128. The quantitative estimate of drug-likeness (QED) is 0.0655. The van der Waals surface area contributed by atoms with Crippen LogP contribution < -0.4 is 0 Å². The van der Waals surface area contributed by atoms with Crippen molar-refractivity contribution < 1.29 is 140 Å². The van der Waals surface area contributed by atoms with Crippen LogP contribution in [0.1, 0.15) is 221 Å². The first-order chi connectivity index (χ1) is 60.2. The number of hydrogen-bond donors (Lipinski definition) is 6. The molecule has 0 aromatic carbocycles. The van der Waals surface area contributed by atoms with E-state index in [2.05, 4.69) is 81.4 Å². The molecule has 0 aromatic heterocycles. The Morgan fingerprint density at radius 2 is 0.850 bits per heavy atom. The van der Waals surface area contributed by atoms with Gasteiger partial charge in [-0.2, -0.15) is 0 Å². The third-order valence-corrected chi connectivity index (χ3v) is 29.3. The normalized spacial score (nSPS) is 48.1. The Kier molecular flexibility index (Phi) is 34.8. The van der Waals surface area contributed by atoms with Gasteiger partial charge in [0.15, 0.2) is 36.7 Å². The molecule has 29 heteroatoms. The largest absolute Gasteiger partial charge is 0.462 e. The fraction of sp³-hybridized carbons (Fsp3) is 0.806. The second kappa shape index (κ2) is 43.5. The van der Waals surface area contributed by atoms with Crippen LogP contribution in [0, 0.1) is 47.3 Å². The molecule has 12 heterocycles. The maximum absolute atomic E-state index is 14.4. The van der Waals surface area contributed by atoms with Crippen LogP contribution in [0.25, 0.3) is 0 Å². The van der Waals surface area contributed by atoms with E-state index in [1.54, 1.807) is 80.4 Å². The summed E-state index contributed by atoms with van der Waals surface area (Å²) in [4.78, 5) is 38.1. The second-order valence-electron chi connectivity index (χ2n) is 39.5. The molecule has 0 amide bonds. The molecule has 2 spiro atoms. The van der Waals surface area contributed by atoms with Gasteiger partial charge in [-0.1, -0.05) is 123 Å². The molecule has 2 aliphatic carbocycles. The Labute approximate surface area is 752 Å². The molecule has 14 aliphatic rings. The number of fused-ring (bicyclic) bond motifs is 4. The molecule has 12 aliphatic heterocycles. The standard InChI is InChI=1S/C48H74O14.C47H72O14.C3H6O/c1-11-25(2)43-28(5)17-18-47(62-43)23-34-20-33(61-47)16-15-27(4)42(26(3)13-12-14-32-24-55-45-40(49)29(6)19-35(46(51)58-34)48(32,45)52)59-39-22-37(54-10)44(31(8)57-39)60-38-21-36(53-9)41(50)30(7)56-38;1-24(2)41-27(5)16-17-46(61-41)22-33-19-32(60-46)15-14-26(4)42(25(3)12-11-13-31-23-54-44-39(48)28(6)18-34(45(50)57-33)47(31,44)51)58-38-21-36(53-10)43(30(8)56-38)59-37-20-35(52-9)40(49)29(7)55-37;1-3(2)4/h12-15,19,25-26,28,30-31,33-45,49-50,52H,11,16-18,20-24H2,1-10H3;11-14,18,24-25,27,29-30,32-44,48-49,51H,15-17,19-23H2,1-10H3;1-2H3/b13-12+,27-15+,32-14+;12-11+,26-14+,31-13+;/t25-,26-,28-,30-,31-,33+,34-,35-,36-,37-,38-,39-,40+,41-,42-,43+,44-,45+,47+,48+;25-,27-,29-,30-,32+,33-,34-,35-,36-,37-,38-,39+,40-,41+,42-,43-,44+,46+,47+;/m00./s1. The highest BCUT2D eigenvalue weighted by molar-refractivity contribution is 5.79. The minimum atomic E-state index is -1.82. The Morgan fingerprint density at radius 1 is 0.488 bits per heavy atom. The van der Waals surface area contributed by atoms with Crippen LogP contribution in [-0.2, 0) is 109 Å². The highest BCUT2D eigenvalue weighted by Gasteiger charge is 2.63. The van der Waals surface area contributed by atoms with E-state index in [0.717, 1.165) is 30.4 Å². The molecule has 127 heavy (non-hydrogen) atoms. The molecule has 10 fully saturated rings. The topological polar surface area (TPSA) is 357 Å². The summed E-state index contributed by atoms with van der Waals surface area (Å²) in [5.74, 6) is -4.09. The van der Waals surface area contributed by atoms with Crippen molar-refractivity contribution in [3.05, 3.63) is 94.2 Å². The van der Waals surface area contributed by atoms with Crippen LogP contribution >= 0.6 is 0 Å². The van der Waals surface area contributed by atoms with E-state index in [1.807, 2.05) is 38.2 Å². The monoisotopic (exact) mass is 1790 g/mol. The Hall–Kier alpha value is -4.43. The summed E-state index contributed by atoms with van der Waals surface area (Å²) in [5, 5.41) is 68.4. The molecule has 29 nitrogen and oxygen atoms in total. The summed E-state index contributed by atoms with van der Waals surface area (Å²) in [5.41, 5.74) is 0.372. The minimum absolute atomic E-state index is 0.00708. The van der Waals surface area contributed by atoms with Gasteiger partial charge in [-0.05, 0) is 152 Å². The highest BCUT2D eigenvalue weighted by Crippen LogP contribution is 2.52. The number of methoxy groups -OCH3 is 4. The van der Waals surface area contributed by atoms with Gasteiger partial charge in [0, 0.05) is 104 Å². The second-order valence-corrected chi connectivity index (χ2v) is 39.5. The number of carbonyl (C=O) groups is 3. The molecule has 0 unspecified atom stereocenters. The number of allylic oxidation sites excluding steroid dienone is 4. The van der Waals surface area contributed by atoms with Crippen molar-refractivity contribution in [1.82, 2.24) is 0 Å². The van der Waals surface area contributed by atoms with Crippen LogP contribution in [-0.4, -0.2) is 284 Å². The number of aliphatic hydroxyl groups is 6. The van der Waals surface area contributed by atoms with Gasteiger partial charge >= 0.3 is 11.9 Å². The predicted octanol–water partition coefficient (Wildman–Crippen LogP) is 11.4. The molecule has 0 saturated carbocycles. The van der Waals surface area contributed by atoms with E-state index < -0.39 is 182 Å². The van der Waals surface area contributed by atoms with Gasteiger partial charge < -0.3 is 130 Å². The third kappa shape index (κ3) is 22.9. The van der Waals surface area contributed by atoms with Gasteiger partial charge in [0.2, 0.25) is 0 Å². The van der Waals surface area contributed by atoms with Crippen molar-refractivity contribution in [3.63, 3.8) is 0 Å². The first-order valence-corrected chi connectivity index (χ1v) is 47.0. The number of Topliss-reactive ketones (excluding diaryl/α,β-unsaturated/α-hetero) is 1. The van der Waals surface area contributed by atoms with Gasteiger partial charge in [-0.25, -0.2) is 0 Å². The Bertz CT molecular complexity index is 3920. The molecule has 39 atom stereocenters. The Morgan fingerprint density at radius 3 is 1.23 bits per heavy atom. The first-order valence-electron chi connectivity index (χ1n) is 47.0. The number of ether oxygens (including phenoxy) is 20. The SMILES string of the molecule is CC(C)=O.CC[C@H](C)[C@H]1O[C@]2(CC[C@@H]1C)C[C@@H]1C[C@@H](C/C=C(\C)[C@@H](O[C@H]3C[C@H](OC)[C@@H](O[C@H]4C[C@H](OC)[C@@H](O)[C@H](C)O4)[C@H](C)O3)[C@@H](C)/C=C/C=C3\CO[C@@H]4[C@H](O)C(C)=C[C@@H](C(=O)O1)[C@]34O)O2.CO[C@H]1C[C@H](O[C@H]2[C@H](C)O[C@@H](O[C@@H]3/C(C)=C/C[C@@H]4C[C@@H](C[C@]5(CC[C@H](C)[C@@H](C(C)C)O5)O4)OC(=O)[C@@H]4C=C(C)[C@@H](O)[C@H]5OC/C(=C\C=C\[C@@H]3C)[C@]54O)C[C@@H]2OC)O[C@@H](C)[C@@H]1O. The maximum Gasteiger partial charge on any atom is 0.316 e. The van der Waals surface area contributed by atoms with Crippen molar-refractivity contribution in [3.8, 4) is 0 Å². The minimum Gasteiger partial charge on any atom is -0.462 e. The van der Waals surface area contributed by atoms with Crippen LogP contribution in [0.2, 0.25) is 0 Å². The lowest BCUT2D eigenvalue weighted by Crippen LogP contribution is -2.58. The molecular formula is C98H152O29. The summed E-state index contributed by atoms with van der Waals surface area (Å²) in [7, 11) is 6.45. The molecule has 14 rings (SSSR count). The lowest BCUT2D eigenvalue weighted by molar-refractivity contribution is -0.341. The lowest BCUT2D eigenvalue weighted by atomic mass is 9.71. The lowest BCUT2D eigenvalue weighted by Gasteiger charge is -2.51.